The van der Waals surface area contributed by atoms with Gasteiger partial charge in [0.15, 0.2) is 11.5 Å². The third kappa shape index (κ3) is 3.21. The summed E-state index contributed by atoms with van der Waals surface area (Å²) in [6, 6.07) is 14.3. The summed E-state index contributed by atoms with van der Waals surface area (Å²) in [5.41, 5.74) is 3.50. The summed E-state index contributed by atoms with van der Waals surface area (Å²) in [5.74, 6) is 1.55. The van der Waals surface area contributed by atoms with Gasteiger partial charge < -0.3 is 19.7 Å². The van der Waals surface area contributed by atoms with Gasteiger partial charge in [0, 0.05) is 25.0 Å². The van der Waals surface area contributed by atoms with Gasteiger partial charge >= 0.3 is 6.03 Å². The monoisotopic (exact) mass is 352 g/mol. The number of carbonyl (C=O) groups excluding carboxylic acids is 1. The Kier molecular flexibility index (Phi) is 4.23. The minimum atomic E-state index is -0.204. The van der Waals surface area contributed by atoms with E-state index in [9.17, 15) is 4.79 Å². The lowest BCUT2D eigenvalue weighted by atomic mass is 9.84. The highest BCUT2D eigenvalue weighted by molar-refractivity contribution is 5.74. The van der Waals surface area contributed by atoms with Gasteiger partial charge in [0.25, 0.3) is 0 Å². The fourth-order valence-electron chi connectivity index (χ4n) is 3.50. The summed E-state index contributed by atoms with van der Waals surface area (Å²) in [7, 11) is 0. The number of hydrogen-bond donors (Lipinski definition) is 1. The molecular formula is C21H24N2O3. The molecule has 0 spiro atoms. The van der Waals surface area contributed by atoms with Gasteiger partial charge in [-0.15, -0.1) is 0 Å². The summed E-state index contributed by atoms with van der Waals surface area (Å²) in [4.78, 5) is 14.5. The maximum Gasteiger partial charge on any atom is 0.317 e. The molecule has 2 aliphatic heterocycles. The molecule has 0 radical (unpaired) electrons. The van der Waals surface area contributed by atoms with Crippen LogP contribution in [0.2, 0.25) is 0 Å². The van der Waals surface area contributed by atoms with Crippen LogP contribution in [0.4, 0.5) is 4.79 Å². The van der Waals surface area contributed by atoms with Crippen LogP contribution in [0.1, 0.15) is 30.5 Å². The highest BCUT2D eigenvalue weighted by atomic mass is 16.7. The molecule has 1 N–H and O–H groups in total. The minimum Gasteiger partial charge on any atom is -0.454 e. The molecule has 2 amide bonds. The van der Waals surface area contributed by atoms with Crippen molar-refractivity contribution in [2.24, 2.45) is 0 Å². The Hall–Kier alpha value is -2.69. The van der Waals surface area contributed by atoms with Crippen molar-refractivity contribution >= 4 is 6.03 Å². The Morgan fingerprint density at radius 1 is 1.12 bits per heavy atom. The Morgan fingerprint density at radius 2 is 1.88 bits per heavy atom. The van der Waals surface area contributed by atoms with Gasteiger partial charge in [-0.1, -0.05) is 44.2 Å². The molecule has 2 aliphatic rings. The Morgan fingerprint density at radius 3 is 2.73 bits per heavy atom. The lowest BCUT2D eigenvalue weighted by molar-refractivity contribution is 0.174. The fraction of sp³-hybridized carbons (Fsp3) is 0.381. The molecule has 0 atom stereocenters. The van der Waals surface area contributed by atoms with E-state index in [2.05, 4.69) is 37.4 Å². The Bertz CT molecular complexity index is 832. The summed E-state index contributed by atoms with van der Waals surface area (Å²) in [6.07, 6.45) is 0.912. The van der Waals surface area contributed by atoms with Crippen molar-refractivity contribution in [1.82, 2.24) is 10.2 Å². The Labute approximate surface area is 153 Å². The number of rotatable bonds is 3. The van der Waals surface area contributed by atoms with E-state index < -0.39 is 0 Å². The number of nitrogens with zero attached hydrogens (tertiary/aromatic N) is 1. The fourth-order valence-corrected chi connectivity index (χ4v) is 3.50. The van der Waals surface area contributed by atoms with Crippen LogP contribution in [0.5, 0.6) is 11.5 Å². The summed E-state index contributed by atoms with van der Waals surface area (Å²) < 4.78 is 10.8. The van der Waals surface area contributed by atoms with E-state index in [1.807, 2.05) is 29.2 Å². The topological polar surface area (TPSA) is 50.8 Å². The normalized spacial score (nSPS) is 15.5. The van der Waals surface area contributed by atoms with E-state index in [-0.39, 0.29) is 18.2 Å². The summed E-state index contributed by atoms with van der Waals surface area (Å²) in [5, 5.41) is 3.10. The molecule has 26 heavy (non-hydrogen) atoms. The first-order valence-corrected chi connectivity index (χ1v) is 9.03. The number of amides is 2. The first-order chi connectivity index (χ1) is 12.5. The number of benzene rings is 2. The highest BCUT2D eigenvalue weighted by Gasteiger charge is 2.26. The second kappa shape index (κ2) is 6.56. The van der Waals surface area contributed by atoms with Crippen LogP contribution >= 0.6 is 0 Å². The van der Waals surface area contributed by atoms with Crippen molar-refractivity contribution in [3.63, 3.8) is 0 Å². The van der Waals surface area contributed by atoms with E-state index >= 15 is 0 Å². The minimum absolute atomic E-state index is 0.00618. The molecule has 0 aromatic heterocycles. The molecular weight excluding hydrogens is 328 g/mol. The number of ether oxygens (including phenoxy) is 2. The van der Waals surface area contributed by atoms with Crippen LogP contribution in [-0.4, -0.2) is 30.8 Å². The third-order valence-electron chi connectivity index (χ3n) is 5.25. The van der Waals surface area contributed by atoms with Crippen molar-refractivity contribution < 1.29 is 14.3 Å². The standard InChI is InChI=1S/C21H24N2O3/c1-21(2,17-7-8-18-19(11-17)26-14-25-18)13-22-20(24)23-10-9-15-5-3-4-6-16(15)12-23/h3-8,11H,9-10,12-14H2,1-2H3,(H,22,24). The molecule has 5 nitrogen and oxygen atoms in total. The molecule has 2 aromatic rings. The predicted molar refractivity (Wildman–Crippen MR) is 99.5 cm³/mol. The molecule has 2 aromatic carbocycles. The van der Waals surface area contributed by atoms with E-state index in [0.29, 0.717) is 13.1 Å². The molecule has 0 unspecified atom stereocenters. The van der Waals surface area contributed by atoms with Crippen molar-refractivity contribution in [3.05, 3.63) is 59.2 Å². The average Bonchev–Trinajstić information content (AvgIpc) is 3.13. The molecule has 0 fully saturated rings. The van der Waals surface area contributed by atoms with Crippen LogP contribution in [0, 0.1) is 0 Å². The van der Waals surface area contributed by atoms with E-state index in [4.69, 9.17) is 9.47 Å². The molecule has 0 bridgehead atoms. The van der Waals surface area contributed by atoms with E-state index in [0.717, 1.165) is 30.0 Å². The van der Waals surface area contributed by atoms with Crippen molar-refractivity contribution in [2.75, 3.05) is 19.9 Å². The molecule has 5 heteroatoms. The highest BCUT2D eigenvalue weighted by Crippen LogP contribution is 2.36. The van der Waals surface area contributed by atoms with Crippen molar-refractivity contribution in [3.8, 4) is 11.5 Å². The second-order valence-corrected chi connectivity index (χ2v) is 7.55. The second-order valence-electron chi connectivity index (χ2n) is 7.55. The zero-order chi connectivity index (χ0) is 18.1. The largest absolute Gasteiger partial charge is 0.454 e. The smallest absolute Gasteiger partial charge is 0.317 e. The summed E-state index contributed by atoms with van der Waals surface area (Å²) >= 11 is 0. The maximum absolute atomic E-state index is 12.6. The quantitative estimate of drug-likeness (QED) is 0.920. The number of urea groups is 1. The molecule has 2 heterocycles. The van der Waals surface area contributed by atoms with Crippen LogP contribution < -0.4 is 14.8 Å². The third-order valence-corrected chi connectivity index (χ3v) is 5.25. The van der Waals surface area contributed by atoms with Gasteiger partial charge in [-0.3, -0.25) is 0 Å². The lowest BCUT2D eigenvalue weighted by Gasteiger charge is -2.31. The molecule has 136 valence electrons. The van der Waals surface area contributed by atoms with Gasteiger partial charge in [-0.2, -0.15) is 0 Å². The number of nitrogens with one attached hydrogen (secondary N) is 1. The molecule has 0 saturated heterocycles. The SMILES string of the molecule is CC(C)(CNC(=O)N1CCc2ccccc2C1)c1ccc2c(c1)OCO2. The van der Waals surface area contributed by atoms with Gasteiger partial charge in [-0.25, -0.2) is 4.79 Å². The van der Waals surface area contributed by atoms with Crippen molar-refractivity contribution in [1.29, 1.82) is 0 Å². The van der Waals surface area contributed by atoms with Gasteiger partial charge in [-0.05, 0) is 35.2 Å². The molecule has 0 saturated carbocycles. The number of fused-ring (bicyclic) bond motifs is 2. The first-order valence-electron chi connectivity index (χ1n) is 9.03. The predicted octanol–water partition coefficient (Wildman–Crippen LogP) is 3.46. The van der Waals surface area contributed by atoms with Gasteiger partial charge in [0.2, 0.25) is 6.79 Å². The molecule has 0 aliphatic carbocycles. The van der Waals surface area contributed by atoms with Crippen LogP contribution in [-0.2, 0) is 18.4 Å². The van der Waals surface area contributed by atoms with Crippen LogP contribution in [0.3, 0.4) is 0 Å². The maximum atomic E-state index is 12.6. The number of carbonyl (C=O) groups is 1. The van der Waals surface area contributed by atoms with Gasteiger partial charge in [0.05, 0.1) is 0 Å². The zero-order valence-electron chi connectivity index (χ0n) is 15.2. The first kappa shape index (κ1) is 16.8. The lowest BCUT2D eigenvalue weighted by Crippen LogP contribution is -2.46. The average molecular weight is 352 g/mol. The van der Waals surface area contributed by atoms with Crippen LogP contribution in [0.25, 0.3) is 0 Å². The van der Waals surface area contributed by atoms with Crippen LogP contribution in [0.15, 0.2) is 42.5 Å². The number of hydrogen-bond acceptors (Lipinski definition) is 3. The van der Waals surface area contributed by atoms with Crippen molar-refractivity contribution in [2.45, 2.75) is 32.2 Å². The Balaban J connectivity index is 1.39. The summed E-state index contributed by atoms with van der Waals surface area (Å²) in [6.45, 7) is 6.50. The van der Waals surface area contributed by atoms with E-state index in [1.54, 1.807) is 0 Å². The van der Waals surface area contributed by atoms with Gasteiger partial charge in [0.1, 0.15) is 0 Å². The van der Waals surface area contributed by atoms with E-state index in [1.165, 1.54) is 11.1 Å². The molecule has 4 rings (SSSR count). The zero-order valence-corrected chi connectivity index (χ0v) is 15.2.